The van der Waals surface area contributed by atoms with E-state index in [1.54, 1.807) is 6.20 Å². The van der Waals surface area contributed by atoms with Gasteiger partial charge in [0.05, 0.1) is 6.10 Å². The molecule has 1 fully saturated rings. The number of benzene rings is 1. The zero-order chi connectivity index (χ0) is 14.1. The van der Waals surface area contributed by atoms with Gasteiger partial charge >= 0.3 is 0 Å². The van der Waals surface area contributed by atoms with Crippen LogP contribution >= 0.6 is 0 Å². The van der Waals surface area contributed by atoms with Gasteiger partial charge in [-0.2, -0.15) is 0 Å². The predicted molar refractivity (Wildman–Crippen MR) is 81.8 cm³/mol. The number of fused-ring (bicyclic) bond motifs is 1. The standard InChI is InChI=1S/C16H21N3O/c1-10-8-14-11(6-7-19-16(14)18)9-15(10)20-13-4-2-12(17)3-5-13/h6-9,12-13H,2-5,17H2,1H3,(H2,18,19). The number of pyridine rings is 1. The van der Waals surface area contributed by atoms with Crippen molar-refractivity contribution in [3.63, 3.8) is 0 Å². The Morgan fingerprint density at radius 3 is 2.70 bits per heavy atom. The summed E-state index contributed by atoms with van der Waals surface area (Å²) in [6.07, 6.45) is 6.19. The molecule has 4 N–H and O–H groups in total. The van der Waals surface area contributed by atoms with Crippen molar-refractivity contribution in [2.45, 2.75) is 44.8 Å². The number of hydrogen-bond donors (Lipinski definition) is 2. The molecule has 20 heavy (non-hydrogen) atoms. The van der Waals surface area contributed by atoms with E-state index in [9.17, 15) is 0 Å². The van der Waals surface area contributed by atoms with E-state index >= 15 is 0 Å². The normalized spacial score (nSPS) is 22.9. The molecule has 1 aromatic heterocycles. The van der Waals surface area contributed by atoms with Crippen LogP contribution in [0.25, 0.3) is 10.8 Å². The quantitative estimate of drug-likeness (QED) is 0.880. The van der Waals surface area contributed by atoms with Gasteiger partial charge in [-0.1, -0.05) is 0 Å². The van der Waals surface area contributed by atoms with E-state index in [0.717, 1.165) is 47.8 Å². The van der Waals surface area contributed by atoms with Crippen molar-refractivity contribution in [3.8, 4) is 5.75 Å². The molecule has 4 heteroatoms. The molecule has 0 unspecified atom stereocenters. The third kappa shape index (κ3) is 2.56. The Labute approximate surface area is 119 Å². The van der Waals surface area contributed by atoms with Gasteiger partial charge in [0.25, 0.3) is 0 Å². The SMILES string of the molecule is Cc1cc2c(N)nccc2cc1OC1CCC(N)CC1. The van der Waals surface area contributed by atoms with Crippen molar-refractivity contribution in [1.29, 1.82) is 0 Å². The minimum absolute atomic E-state index is 0.283. The molecule has 0 radical (unpaired) electrons. The number of rotatable bonds is 2. The summed E-state index contributed by atoms with van der Waals surface area (Å²) in [5, 5.41) is 2.06. The molecule has 4 nitrogen and oxygen atoms in total. The van der Waals surface area contributed by atoms with Crippen LogP contribution in [0.2, 0.25) is 0 Å². The molecular formula is C16H21N3O. The number of nitrogens with zero attached hydrogens (tertiary/aromatic N) is 1. The fourth-order valence-electron chi connectivity index (χ4n) is 2.84. The molecule has 3 rings (SSSR count). The summed E-state index contributed by atoms with van der Waals surface area (Å²) < 4.78 is 6.17. The van der Waals surface area contributed by atoms with Crippen molar-refractivity contribution in [2.24, 2.45) is 5.73 Å². The first kappa shape index (κ1) is 13.2. The van der Waals surface area contributed by atoms with Crippen LogP contribution in [0.4, 0.5) is 5.82 Å². The molecule has 0 aliphatic heterocycles. The van der Waals surface area contributed by atoms with Crippen LogP contribution in [0, 0.1) is 6.92 Å². The van der Waals surface area contributed by atoms with Crippen LogP contribution in [0.3, 0.4) is 0 Å². The predicted octanol–water partition coefficient (Wildman–Crippen LogP) is 2.77. The van der Waals surface area contributed by atoms with Crippen molar-refractivity contribution in [1.82, 2.24) is 4.98 Å². The molecule has 0 spiro atoms. The van der Waals surface area contributed by atoms with E-state index in [1.165, 1.54) is 0 Å². The lowest BCUT2D eigenvalue weighted by Crippen LogP contribution is -2.31. The molecule has 2 aromatic rings. The number of anilines is 1. The van der Waals surface area contributed by atoms with Gasteiger partial charge in [-0.05, 0) is 61.8 Å². The fraction of sp³-hybridized carbons (Fsp3) is 0.438. The average molecular weight is 271 g/mol. The molecule has 0 amide bonds. The van der Waals surface area contributed by atoms with Crippen molar-refractivity contribution < 1.29 is 4.74 Å². The van der Waals surface area contributed by atoms with Gasteiger partial charge in [0.1, 0.15) is 11.6 Å². The number of aromatic nitrogens is 1. The summed E-state index contributed by atoms with van der Waals surface area (Å²) >= 11 is 0. The van der Waals surface area contributed by atoms with E-state index in [1.807, 2.05) is 6.07 Å². The maximum absolute atomic E-state index is 6.17. The van der Waals surface area contributed by atoms with E-state index in [0.29, 0.717) is 11.9 Å². The molecule has 0 bridgehead atoms. The van der Waals surface area contributed by atoms with Crippen LogP contribution in [-0.2, 0) is 0 Å². The van der Waals surface area contributed by atoms with Crippen molar-refractivity contribution in [2.75, 3.05) is 5.73 Å². The monoisotopic (exact) mass is 271 g/mol. The minimum atomic E-state index is 0.283. The Morgan fingerprint density at radius 2 is 1.95 bits per heavy atom. The minimum Gasteiger partial charge on any atom is -0.490 e. The second-order valence-electron chi connectivity index (χ2n) is 5.69. The molecule has 0 atom stereocenters. The Morgan fingerprint density at radius 1 is 1.20 bits per heavy atom. The number of ether oxygens (including phenoxy) is 1. The van der Waals surface area contributed by atoms with Gasteiger partial charge in [-0.15, -0.1) is 0 Å². The highest BCUT2D eigenvalue weighted by molar-refractivity contribution is 5.92. The Hall–Kier alpha value is -1.81. The molecular weight excluding hydrogens is 250 g/mol. The van der Waals surface area contributed by atoms with Gasteiger partial charge < -0.3 is 16.2 Å². The second-order valence-corrected chi connectivity index (χ2v) is 5.69. The third-order valence-corrected chi connectivity index (χ3v) is 4.10. The summed E-state index contributed by atoms with van der Waals surface area (Å²) in [6.45, 7) is 2.05. The lowest BCUT2D eigenvalue weighted by atomic mass is 9.93. The molecule has 1 saturated carbocycles. The first-order valence-electron chi connectivity index (χ1n) is 7.20. The molecule has 1 aliphatic rings. The first-order valence-corrected chi connectivity index (χ1v) is 7.20. The van der Waals surface area contributed by atoms with E-state index in [4.69, 9.17) is 16.2 Å². The zero-order valence-corrected chi connectivity index (χ0v) is 11.8. The molecule has 1 heterocycles. The van der Waals surface area contributed by atoms with Crippen LogP contribution in [0.1, 0.15) is 31.2 Å². The Bertz CT molecular complexity index is 618. The van der Waals surface area contributed by atoms with Gasteiger partial charge in [0.2, 0.25) is 0 Å². The largest absolute Gasteiger partial charge is 0.490 e. The fourth-order valence-corrected chi connectivity index (χ4v) is 2.84. The van der Waals surface area contributed by atoms with Crippen LogP contribution in [0.5, 0.6) is 5.75 Å². The highest BCUT2D eigenvalue weighted by Gasteiger charge is 2.20. The molecule has 1 aromatic carbocycles. The smallest absolute Gasteiger partial charge is 0.131 e. The second kappa shape index (κ2) is 5.29. The van der Waals surface area contributed by atoms with Crippen LogP contribution < -0.4 is 16.2 Å². The maximum atomic E-state index is 6.17. The summed E-state index contributed by atoms with van der Waals surface area (Å²) in [4.78, 5) is 4.13. The van der Waals surface area contributed by atoms with Gasteiger partial charge in [0.15, 0.2) is 0 Å². The highest BCUT2D eigenvalue weighted by Crippen LogP contribution is 2.30. The maximum Gasteiger partial charge on any atom is 0.131 e. The lowest BCUT2D eigenvalue weighted by Gasteiger charge is -2.27. The number of nitrogens with two attached hydrogens (primary N) is 2. The number of nitrogen functional groups attached to an aromatic ring is 1. The summed E-state index contributed by atoms with van der Waals surface area (Å²) in [5.74, 6) is 1.52. The summed E-state index contributed by atoms with van der Waals surface area (Å²) in [5.41, 5.74) is 12.9. The molecule has 1 aliphatic carbocycles. The van der Waals surface area contributed by atoms with Crippen LogP contribution in [0.15, 0.2) is 24.4 Å². The molecule has 106 valence electrons. The van der Waals surface area contributed by atoms with Crippen molar-refractivity contribution in [3.05, 3.63) is 30.0 Å². The van der Waals surface area contributed by atoms with Gasteiger partial charge in [-0.25, -0.2) is 4.98 Å². The molecule has 0 saturated heterocycles. The summed E-state index contributed by atoms with van der Waals surface area (Å²) in [6, 6.07) is 6.44. The first-order chi connectivity index (χ1) is 9.63. The zero-order valence-electron chi connectivity index (χ0n) is 11.8. The third-order valence-electron chi connectivity index (χ3n) is 4.10. The number of aryl methyl sites for hydroxylation is 1. The topological polar surface area (TPSA) is 74.2 Å². The van der Waals surface area contributed by atoms with E-state index in [-0.39, 0.29) is 6.10 Å². The number of hydrogen-bond acceptors (Lipinski definition) is 4. The van der Waals surface area contributed by atoms with E-state index in [2.05, 4.69) is 24.0 Å². The summed E-state index contributed by atoms with van der Waals surface area (Å²) in [7, 11) is 0. The average Bonchev–Trinajstić information content (AvgIpc) is 2.43. The Balaban J connectivity index is 1.86. The van der Waals surface area contributed by atoms with Gasteiger partial charge in [0, 0.05) is 17.6 Å². The van der Waals surface area contributed by atoms with Crippen molar-refractivity contribution >= 4 is 16.6 Å². The Kier molecular flexibility index (Phi) is 3.49. The lowest BCUT2D eigenvalue weighted by molar-refractivity contribution is 0.146. The van der Waals surface area contributed by atoms with Crippen LogP contribution in [-0.4, -0.2) is 17.1 Å². The highest BCUT2D eigenvalue weighted by atomic mass is 16.5. The van der Waals surface area contributed by atoms with E-state index < -0.39 is 0 Å². The van der Waals surface area contributed by atoms with Gasteiger partial charge in [-0.3, -0.25) is 0 Å².